The molecule has 1 aromatic carbocycles. The minimum atomic E-state index is -0.326. The van der Waals surface area contributed by atoms with E-state index in [9.17, 15) is 9.18 Å². The largest absolute Gasteiger partial charge is 0.342 e. The van der Waals surface area contributed by atoms with E-state index in [1.54, 1.807) is 24.4 Å². The van der Waals surface area contributed by atoms with Crippen molar-refractivity contribution in [3.8, 4) is 0 Å². The van der Waals surface area contributed by atoms with Crippen LogP contribution in [0.1, 0.15) is 23.6 Å². The number of benzene rings is 1. The second-order valence-electron chi connectivity index (χ2n) is 7.88. The number of aromatic nitrogens is 3. The number of nitrogens with zero attached hydrogens (tertiary/aromatic N) is 5. The number of fused-ring (bicyclic) bond motifs is 1. The van der Waals surface area contributed by atoms with Gasteiger partial charge in [0.1, 0.15) is 5.82 Å². The van der Waals surface area contributed by atoms with Gasteiger partial charge >= 0.3 is 0 Å². The minimum absolute atomic E-state index is 0.0351. The zero-order chi connectivity index (χ0) is 20.4. The lowest BCUT2D eigenvalue weighted by Crippen LogP contribution is -2.30. The van der Waals surface area contributed by atoms with E-state index in [0.717, 1.165) is 36.2 Å². The maximum absolute atomic E-state index is 13.9. The molecule has 6 nitrogen and oxygen atoms in total. The number of hydrogen-bond donors (Lipinski definition) is 0. The summed E-state index contributed by atoms with van der Waals surface area (Å²) in [4.78, 5) is 21.2. The fraction of sp³-hybridized carbons (Fsp3) is 0.409. The van der Waals surface area contributed by atoms with E-state index in [1.807, 2.05) is 29.7 Å². The molecule has 0 aliphatic carbocycles. The summed E-state index contributed by atoms with van der Waals surface area (Å²) in [5.74, 6) is -0.188. The van der Waals surface area contributed by atoms with Crippen LogP contribution in [0.3, 0.4) is 0 Å². The Balaban J connectivity index is 1.51. The van der Waals surface area contributed by atoms with Gasteiger partial charge in [0, 0.05) is 37.1 Å². The van der Waals surface area contributed by atoms with Gasteiger partial charge in [0.05, 0.1) is 18.7 Å². The molecule has 1 atom stereocenters. The first kappa shape index (κ1) is 19.5. The zero-order valence-electron chi connectivity index (χ0n) is 16.9. The van der Waals surface area contributed by atoms with Gasteiger partial charge in [0.2, 0.25) is 5.91 Å². The van der Waals surface area contributed by atoms with Crippen LogP contribution in [0.2, 0.25) is 0 Å². The van der Waals surface area contributed by atoms with E-state index < -0.39 is 0 Å². The second kappa shape index (κ2) is 8.29. The summed E-state index contributed by atoms with van der Waals surface area (Å²) in [5.41, 5.74) is 2.34. The number of halogens is 1. The molecule has 3 heterocycles. The van der Waals surface area contributed by atoms with Crippen LogP contribution in [0.4, 0.5) is 4.39 Å². The molecule has 0 saturated carbocycles. The topological polar surface area (TPSA) is 54.3 Å². The van der Waals surface area contributed by atoms with Crippen molar-refractivity contribution in [2.45, 2.75) is 25.3 Å². The summed E-state index contributed by atoms with van der Waals surface area (Å²) in [6.07, 6.45) is 2.75. The highest BCUT2D eigenvalue weighted by atomic mass is 19.1. The number of likely N-dealkylation sites (tertiary alicyclic amines) is 1. The van der Waals surface area contributed by atoms with Crippen LogP contribution in [0.25, 0.3) is 11.0 Å². The molecule has 0 N–H and O–H groups in total. The molecule has 2 aromatic heterocycles. The first-order valence-corrected chi connectivity index (χ1v) is 10.0. The molecule has 152 valence electrons. The molecule has 7 heteroatoms. The average molecular weight is 395 g/mol. The van der Waals surface area contributed by atoms with Gasteiger partial charge in [-0.3, -0.25) is 4.79 Å². The molecule has 1 saturated heterocycles. The number of carbonyl (C=O) groups is 1. The summed E-state index contributed by atoms with van der Waals surface area (Å²) >= 11 is 0. The lowest BCUT2D eigenvalue weighted by atomic mass is 10.0. The minimum Gasteiger partial charge on any atom is -0.342 e. The summed E-state index contributed by atoms with van der Waals surface area (Å²) in [6, 6.07) is 10.5. The maximum Gasteiger partial charge on any atom is 0.227 e. The molecule has 0 bridgehead atoms. The first-order chi connectivity index (χ1) is 14.0. The third kappa shape index (κ3) is 4.15. The number of rotatable bonds is 6. The van der Waals surface area contributed by atoms with Crippen LogP contribution in [-0.2, 0) is 17.8 Å². The lowest BCUT2D eigenvalue weighted by molar-refractivity contribution is -0.129. The summed E-state index contributed by atoms with van der Waals surface area (Å²) in [7, 11) is 4.08. The van der Waals surface area contributed by atoms with Crippen molar-refractivity contribution in [3.63, 3.8) is 0 Å². The fourth-order valence-electron chi connectivity index (χ4n) is 3.91. The first-order valence-electron chi connectivity index (χ1n) is 10.0. The quantitative estimate of drug-likeness (QED) is 0.644. The van der Waals surface area contributed by atoms with Gasteiger partial charge in [-0.1, -0.05) is 18.2 Å². The molecule has 0 unspecified atom stereocenters. The van der Waals surface area contributed by atoms with Gasteiger partial charge in [-0.15, -0.1) is 0 Å². The van der Waals surface area contributed by atoms with Gasteiger partial charge in [0.25, 0.3) is 0 Å². The highest BCUT2D eigenvalue weighted by Gasteiger charge is 2.31. The highest BCUT2D eigenvalue weighted by molar-refractivity contribution is 5.81. The molecule has 3 aromatic rings. The molecule has 1 amide bonds. The van der Waals surface area contributed by atoms with Crippen LogP contribution in [0.15, 0.2) is 42.6 Å². The van der Waals surface area contributed by atoms with Crippen molar-refractivity contribution >= 4 is 16.9 Å². The van der Waals surface area contributed by atoms with E-state index in [2.05, 4.69) is 16.0 Å². The van der Waals surface area contributed by atoms with Crippen LogP contribution < -0.4 is 0 Å². The highest BCUT2D eigenvalue weighted by Crippen LogP contribution is 2.31. The molecular formula is C22H26FN5O. The predicted octanol–water partition coefficient (Wildman–Crippen LogP) is 2.69. The third-order valence-corrected chi connectivity index (χ3v) is 5.52. The second-order valence-corrected chi connectivity index (χ2v) is 7.88. The van der Waals surface area contributed by atoms with Crippen LogP contribution >= 0.6 is 0 Å². The Labute approximate surface area is 169 Å². The van der Waals surface area contributed by atoms with Crippen molar-refractivity contribution in [3.05, 3.63) is 59.7 Å². The molecular weight excluding hydrogens is 369 g/mol. The smallest absolute Gasteiger partial charge is 0.227 e. The summed E-state index contributed by atoms with van der Waals surface area (Å²) in [6.45, 7) is 2.93. The van der Waals surface area contributed by atoms with Crippen molar-refractivity contribution < 1.29 is 9.18 Å². The Kier molecular flexibility index (Phi) is 5.58. The van der Waals surface area contributed by atoms with Crippen LogP contribution in [0.5, 0.6) is 0 Å². The van der Waals surface area contributed by atoms with Crippen LogP contribution in [0, 0.1) is 5.82 Å². The average Bonchev–Trinajstić information content (AvgIpc) is 3.33. The maximum atomic E-state index is 13.9. The van der Waals surface area contributed by atoms with Gasteiger partial charge in [-0.2, -0.15) is 5.10 Å². The predicted molar refractivity (Wildman–Crippen MR) is 110 cm³/mol. The van der Waals surface area contributed by atoms with Crippen molar-refractivity contribution in [2.24, 2.45) is 0 Å². The molecule has 1 aliphatic heterocycles. The molecule has 1 fully saturated rings. The number of amides is 1. The van der Waals surface area contributed by atoms with E-state index in [-0.39, 0.29) is 24.1 Å². The third-order valence-electron chi connectivity index (χ3n) is 5.52. The normalized spacial score (nSPS) is 16.8. The Morgan fingerprint density at radius 3 is 2.86 bits per heavy atom. The van der Waals surface area contributed by atoms with Crippen molar-refractivity contribution in [1.29, 1.82) is 0 Å². The Hall–Kier alpha value is -2.80. The SMILES string of the molecule is CN(C)CCn1nc([C@H]2CCN(C(=O)Cc3ccccc3F)C2)c2cccnc21. The molecule has 0 radical (unpaired) electrons. The lowest BCUT2D eigenvalue weighted by Gasteiger charge is -2.16. The van der Waals surface area contributed by atoms with Gasteiger partial charge in [-0.05, 0) is 44.3 Å². The number of pyridine rings is 1. The summed E-state index contributed by atoms with van der Waals surface area (Å²) < 4.78 is 15.9. The van der Waals surface area contributed by atoms with Gasteiger partial charge < -0.3 is 9.80 Å². The molecule has 1 aliphatic rings. The van der Waals surface area contributed by atoms with Crippen LogP contribution in [-0.4, -0.2) is 64.2 Å². The van der Waals surface area contributed by atoms with Gasteiger partial charge in [-0.25, -0.2) is 14.1 Å². The van der Waals surface area contributed by atoms with E-state index in [4.69, 9.17) is 5.10 Å². The fourth-order valence-corrected chi connectivity index (χ4v) is 3.91. The van der Waals surface area contributed by atoms with E-state index >= 15 is 0 Å². The number of hydrogen-bond acceptors (Lipinski definition) is 4. The Morgan fingerprint density at radius 2 is 2.07 bits per heavy atom. The van der Waals surface area contributed by atoms with Crippen molar-refractivity contribution in [2.75, 3.05) is 33.7 Å². The zero-order valence-corrected chi connectivity index (χ0v) is 16.9. The van der Waals surface area contributed by atoms with E-state index in [0.29, 0.717) is 18.7 Å². The number of carbonyl (C=O) groups excluding carboxylic acids is 1. The van der Waals surface area contributed by atoms with Gasteiger partial charge in [0.15, 0.2) is 5.65 Å². The molecule has 4 rings (SSSR count). The number of likely N-dealkylation sites (N-methyl/N-ethyl adjacent to an activating group) is 1. The standard InChI is InChI=1S/C22H26FN5O/c1-26(2)12-13-28-22-18(7-5-10-24-22)21(25-28)17-9-11-27(15-17)20(29)14-16-6-3-4-8-19(16)23/h3-8,10,17H,9,11-15H2,1-2H3/t17-/m0/s1. The van der Waals surface area contributed by atoms with Crippen molar-refractivity contribution in [1.82, 2.24) is 24.6 Å². The monoisotopic (exact) mass is 395 g/mol. The molecule has 29 heavy (non-hydrogen) atoms. The Morgan fingerprint density at radius 1 is 1.24 bits per heavy atom. The van der Waals surface area contributed by atoms with E-state index in [1.165, 1.54) is 6.07 Å². The Bertz CT molecular complexity index is 1020. The summed E-state index contributed by atoms with van der Waals surface area (Å²) in [5, 5.41) is 5.92. The molecule has 0 spiro atoms.